The molecule has 1 saturated heterocycles. The predicted molar refractivity (Wildman–Crippen MR) is 72.7 cm³/mol. The van der Waals surface area contributed by atoms with Crippen molar-refractivity contribution in [1.29, 1.82) is 0 Å². The molecule has 1 fully saturated rings. The fourth-order valence-electron chi connectivity index (χ4n) is 2.62. The maximum absolute atomic E-state index is 12.5. The van der Waals surface area contributed by atoms with Crippen molar-refractivity contribution in [2.24, 2.45) is 0 Å². The molecule has 1 unspecified atom stereocenters. The molecule has 0 saturated carbocycles. The second kappa shape index (κ2) is 6.05. The minimum atomic E-state index is 0.147. The van der Waals surface area contributed by atoms with Crippen LogP contribution in [0, 0.1) is 0 Å². The van der Waals surface area contributed by atoms with Crippen LogP contribution in [0.2, 0.25) is 0 Å². The molecule has 2 rings (SSSR count). The molecular weight excluding hydrogens is 226 g/mol. The Bertz CT molecular complexity index is 391. The summed E-state index contributed by atoms with van der Waals surface area (Å²) < 4.78 is 2.01. The van der Waals surface area contributed by atoms with E-state index in [0.29, 0.717) is 6.04 Å². The molecule has 0 aliphatic carbocycles. The first-order valence-corrected chi connectivity index (χ1v) is 6.87. The number of hydrogen-bond donors (Lipinski definition) is 1. The first-order chi connectivity index (χ1) is 8.74. The third kappa shape index (κ3) is 2.75. The third-order valence-electron chi connectivity index (χ3n) is 3.80. The van der Waals surface area contributed by atoms with Crippen molar-refractivity contribution in [3.63, 3.8) is 0 Å². The number of carbonyl (C=O) groups excluding carboxylic acids is 1. The van der Waals surface area contributed by atoms with Gasteiger partial charge in [-0.2, -0.15) is 0 Å². The Kier molecular flexibility index (Phi) is 4.42. The Hall–Kier alpha value is -1.29. The lowest BCUT2D eigenvalue weighted by Gasteiger charge is -2.27. The molecule has 1 amide bonds. The number of carbonyl (C=O) groups is 1. The van der Waals surface area contributed by atoms with E-state index in [2.05, 4.69) is 12.2 Å². The van der Waals surface area contributed by atoms with Crippen molar-refractivity contribution in [2.45, 2.75) is 38.8 Å². The summed E-state index contributed by atoms with van der Waals surface area (Å²) in [4.78, 5) is 14.4. The van der Waals surface area contributed by atoms with Gasteiger partial charge in [0.1, 0.15) is 5.69 Å². The van der Waals surface area contributed by atoms with Gasteiger partial charge in [0, 0.05) is 25.8 Å². The van der Waals surface area contributed by atoms with Crippen molar-refractivity contribution in [3.05, 3.63) is 24.0 Å². The van der Waals surface area contributed by atoms with Gasteiger partial charge in [0.05, 0.1) is 0 Å². The summed E-state index contributed by atoms with van der Waals surface area (Å²) in [6.07, 6.45) is 5.27. The normalized spacial score (nSPS) is 20.4. The number of amides is 1. The highest BCUT2D eigenvalue weighted by molar-refractivity contribution is 5.92. The third-order valence-corrected chi connectivity index (χ3v) is 3.80. The van der Waals surface area contributed by atoms with Crippen LogP contribution in [0.15, 0.2) is 18.3 Å². The van der Waals surface area contributed by atoms with E-state index in [4.69, 9.17) is 0 Å². The molecule has 1 aliphatic heterocycles. The molecule has 0 bridgehead atoms. The molecule has 0 spiro atoms. The average Bonchev–Trinajstić information content (AvgIpc) is 2.70. The summed E-state index contributed by atoms with van der Waals surface area (Å²) in [5.41, 5.74) is 0.803. The lowest BCUT2D eigenvalue weighted by atomic mass is 10.1. The molecule has 0 aromatic carbocycles. The van der Waals surface area contributed by atoms with E-state index in [1.165, 1.54) is 0 Å². The molecule has 2 heterocycles. The van der Waals surface area contributed by atoms with Crippen LogP contribution in [0.1, 0.15) is 36.7 Å². The number of hydrogen-bond acceptors (Lipinski definition) is 2. The first-order valence-electron chi connectivity index (χ1n) is 6.87. The Labute approximate surface area is 109 Å². The summed E-state index contributed by atoms with van der Waals surface area (Å²) in [6, 6.07) is 4.23. The largest absolute Gasteiger partial charge is 0.344 e. The summed E-state index contributed by atoms with van der Waals surface area (Å²) in [5, 5.41) is 3.39. The van der Waals surface area contributed by atoms with Crippen molar-refractivity contribution >= 4 is 5.91 Å². The summed E-state index contributed by atoms with van der Waals surface area (Å²) in [5.74, 6) is 0.147. The molecule has 4 nitrogen and oxygen atoms in total. The number of aryl methyl sites for hydroxylation is 1. The van der Waals surface area contributed by atoms with Gasteiger partial charge >= 0.3 is 0 Å². The van der Waals surface area contributed by atoms with E-state index >= 15 is 0 Å². The lowest BCUT2D eigenvalue weighted by Crippen LogP contribution is -2.38. The van der Waals surface area contributed by atoms with Crippen LogP contribution in [0.3, 0.4) is 0 Å². The monoisotopic (exact) mass is 249 g/mol. The fourth-order valence-corrected chi connectivity index (χ4v) is 2.62. The second-order valence-electron chi connectivity index (χ2n) is 4.93. The van der Waals surface area contributed by atoms with Gasteiger partial charge in [0.15, 0.2) is 0 Å². The van der Waals surface area contributed by atoms with Crippen molar-refractivity contribution < 1.29 is 4.79 Å². The van der Waals surface area contributed by atoms with Crippen LogP contribution >= 0.6 is 0 Å². The standard InChI is InChI=1S/C14H23N3O/c1-3-17-11-5-7-13(17)14(18)16(2)12-6-4-9-15-10-8-12/h5,7,11-12,15H,3-4,6,8-10H2,1-2H3. The smallest absolute Gasteiger partial charge is 0.270 e. The van der Waals surface area contributed by atoms with Gasteiger partial charge in [-0.1, -0.05) is 0 Å². The van der Waals surface area contributed by atoms with Crippen LogP contribution in [-0.4, -0.2) is 41.6 Å². The minimum Gasteiger partial charge on any atom is -0.344 e. The molecule has 1 aromatic heterocycles. The molecule has 1 aliphatic rings. The van der Waals surface area contributed by atoms with Crippen LogP contribution in [0.5, 0.6) is 0 Å². The van der Waals surface area contributed by atoms with Crippen LogP contribution < -0.4 is 5.32 Å². The summed E-state index contributed by atoms with van der Waals surface area (Å²) >= 11 is 0. The molecule has 4 heteroatoms. The Morgan fingerprint density at radius 2 is 2.33 bits per heavy atom. The fraction of sp³-hybridized carbons (Fsp3) is 0.643. The molecular formula is C14H23N3O. The Morgan fingerprint density at radius 1 is 1.50 bits per heavy atom. The Balaban J connectivity index is 2.07. The molecule has 18 heavy (non-hydrogen) atoms. The quantitative estimate of drug-likeness (QED) is 0.885. The van der Waals surface area contributed by atoms with Gasteiger partial charge in [-0.25, -0.2) is 0 Å². The van der Waals surface area contributed by atoms with E-state index in [-0.39, 0.29) is 5.91 Å². The highest BCUT2D eigenvalue weighted by Gasteiger charge is 2.23. The maximum Gasteiger partial charge on any atom is 0.270 e. The van der Waals surface area contributed by atoms with Crippen molar-refractivity contribution in [1.82, 2.24) is 14.8 Å². The van der Waals surface area contributed by atoms with Gasteiger partial charge in [0.2, 0.25) is 0 Å². The zero-order valence-electron chi connectivity index (χ0n) is 11.4. The van der Waals surface area contributed by atoms with Crippen molar-refractivity contribution in [2.75, 3.05) is 20.1 Å². The van der Waals surface area contributed by atoms with Gasteiger partial charge < -0.3 is 14.8 Å². The molecule has 1 atom stereocenters. The topological polar surface area (TPSA) is 37.3 Å². The van der Waals surface area contributed by atoms with Gasteiger partial charge in [-0.15, -0.1) is 0 Å². The zero-order valence-corrected chi connectivity index (χ0v) is 11.4. The minimum absolute atomic E-state index is 0.147. The number of nitrogens with zero attached hydrogens (tertiary/aromatic N) is 2. The van der Waals surface area contributed by atoms with E-state index in [1.54, 1.807) is 0 Å². The zero-order chi connectivity index (χ0) is 13.0. The van der Waals surface area contributed by atoms with E-state index < -0.39 is 0 Å². The summed E-state index contributed by atoms with van der Waals surface area (Å²) in [7, 11) is 1.94. The van der Waals surface area contributed by atoms with Crippen LogP contribution in [-0.2, 0) is 6.54 Å². The predicted octanol–water partition coefficient (Wildman–Crippen LogP) is 1.72. The Morgan fingerprint density at radius 3 is 3.11 bits per heavy atom. The van der Waals surface area contributed by atoms with Crippen LogP contribution in [0.4, 0.5) is 0 Å². The van der Waals surface area contributed by atoms with E-state index in [1.807, 2.05) is 34.8 Å². The molecule has 0 radical (unpaired) electrons. The van der Waals surface area contributed by atoms with Gasteiger partial charge in [0.25, 0.3) is 5.91 Å². The number of rotatable bonds is 3. The van der Waals surface area contributed by atoms with E-state index in [0.717, 1.165) is 44.6 Å². The number of nitrogens with one attached hydrogen (secondary N) is 1. The lowest BCUT2D eigenvalue weighted by molar-refractivity contribution is 0.0709. The SMILES string of the molecule is CCn1cccc1C(=O)N(C)C1CCCNCC1. The molecule has 1 N–H and O–H groups in total. The van der Waals surface area contributed by atoms with Crippen LogP contribution in [0.25, 0.3) is 0 Å². The highest BCUT2D eigenvalue weighted by Crippen LogP contribution is 2.15. The second-order valence-corrected chi connectivity index (χ2v) is 4.93. The number of aromatic nitrogens is 1. The molecule has 100 valence electrons. The van der Waals surface area contributed by atoms with E-state index in [9.17, 15) is 4.79 Å². The maximum atomic E-state index is 12.5. The molecule has 1 aromatic rings. The first kappa shape index (κ1) is 13.1. The summed E-state index contributed by atoms with van der Waals surface area (Å²) in [6.45, 7) is 4.99. The van der Waals surface area contributed by atoms with Gasteiger partial charge in [-0.3, -0.25) is 4.79 Å². The van der Waals surface area contributed by atoms with Gasteiger partial charge in [-0.05, 0) is 51.4 Å². The van der Waals surface area contributed by atoms with Crippen molar-refractivity contribution in [3.8, 4) is 0 Å². The highest BCUT2D eigenvalue weighted by atomic mass is 16.2. The average molecular weight is 249 g/mol.